The third kappa shape index (κ3) is 2.46. The van der Waals surface area contributed by atoms with Gasteiger partial charge < -0.3 is 10.8 Å². The highest BCUT2D eigenvalue weighted by molar-refractivity contribution is 5.92. The van der Waals surface area contributed by atoms with Gasteiger partial charge in [0.05, 0.1) is 0 Å². The molecule has 1 aromatic carbocycles. The Balaban J connectivity index is 2.77. The summed E-state index contributed by atoms with van der Waals surface area (Å²) in [5, 5.41) is 15.9. The SMILES string of the molecule is N=C(N)/C=C/c1ccc(O)cc1. The molecule has 0 amide bonds. The van der Waals surface area contributed by atoms with Crippen LogP contribution in [0.4, 0.5) is 0 Å². The van der Waals surface area contributed by atoms with E-state index in [2.05, 4.69) is 0 Å². The summed E-state index contributed by atoms with van der Waals surface area (Å²) in [6.45, 7) is 0. The van der Waals surface area contributed by atoms with Gasteiger partial charge in [0, 0.05) is 0 Å². The Hall–Kier alpha value is -1.77. The number of aromatic hydroxyl groups is 1. The predicted molar refractivity (Wildman–Crippen MR) is 49.1 cm³/mol. The Bertz CT molecular complexity index is 301. The number of hydrogen-bond donors (Lipinski definition) is 3. The first kappa shape index (κ1) is 8.33. The molecular weight excluding hydrogens is 152 g/mol. The fourth-order valence-electron chi connectivity index (χ4n) is 0.771. The molecule has 0 atom stereocenters. The van der Waals surface area contributed by atoms with Crippen LogP contribution in [0.15, 0.2) is 30.3 Å². The van der Waals surface area contributed by atoms with Gasteiger partial charge in [-0.05, 0) is 23.8 Å². The maximum atomic E-state index is 8.94. The molecule has 12 heavy (non-hydrogen) atoms. The maximum Gasteiger partial charge on any atom is 0.115 e. The molecule has 0 heterocycles. The van der Waals surface area contributed by atoms with Gasteiger partial charge in [0.2, 0.25) is 0 Å². The van der Waals surface area contributed by atoms with Crippen molar-refractivity contribution in [1.29, 1.82) is 5.41 Å². The molecule has 0 saturated heterocycles. The van der Waals surface area contributed by atoms with E-state index in [-0.39, 0.29) is 11.6 Å². The molecule has 0 bridgehead atoms. The van der Waals surface area contributed by atoms with E-state index in [1.165, 1.54) is 6.08 Å². The summed E-state index contributed by atoms with van der Waals surface area (Å²) in [6, 6.07) is 6.66. The largest absolute Gasteiger partial charge is 0.508 e. The monoisotopic (exact) mass is 162 g/mol. The summed E-state index contributed by atoms with van der Waals surface area (Å²) >= 11 is 0. The summed E-state index contributed by atoms with van der Waals surface area (Å²) in [4.78, 5) is 0. The molecular formula is C9H10N2O. The standard InChI is InChI=1S/C9H10N2O/c10-9(11)6-3-7-1-4-8(12)5-2-7/h1-6,12H,(H3,10,11)/b6-3+. The maximum absolute atomic E-state index is 8.94. The zero-order valence-corrected chi connectivity index (χ0v) is 6.49. The molecule has 0 fully saturated rings. The quantitative estimate of drug-likeness (QED) is 0.453. The van der Waals surface area contributed by atoms with Crippen LogP contribution in [-0.2, 0) is 0 Å². The normalized spacial score (nSPS) is 10.3. The van der Waals surface area contributed by atoms with E-state index >= 15 is 0 Å². The number of phenolic OH excluding ortho intramolecular Hbond substituents is 1. The summed E-state index contributed by atoms with van der Waals surface area (Å²) in [5.74, 6) is 0.248. The molecule has 62 valence electrons. The molecule has 0 aliphatic heterocycles. The first-order chi connectivity index (χ1) is 5.68. The molecule has 0 saturated carbocycles. The van der Waals surface area contributed by atoms with Gasteiger partial charge in [0.15, 0.2) is 0 Å². The van der Waals surface area contributed by atoms with Gasteiger partial charge in [0.1, 0.15) is 11.6 Å². The highest BCUT2D eigenvalue weighted by atomic mass is 16.3. The van der Waals surface area contributed by atoms with E-state index in [9.17, 15) is 0 Å². The number of rotatable bonds is 2. The number of nitrogens with two attached hydrogens (primary N) is 1. The van der Waals surface area contributed by atoms with Crippen LogP contribution in [0.25, 0.3) is 6.08 Å². The van der Waals surface area contributed by atoms with Crippen molar-refractivity contribution in [3.05, 3.63) is 35.9 Å². The van der Waals surface area contributed by atoms with Crippen molar-refractivity contribution in [2.75, 3.05) is 0 Å². The first-order valence-electron chi connectivity index (χ1n) is 3.49. The highest BCUT2D eigenvalue weighted by Crippen LogP contribution is 2.10. The van der Waals surface area contributed by atoms with Gasteiger partial charge in [-0.3, -0.25) is 5.41 Å². The zero-order valence-electron chi connectivity index (χ0n) is 6.49. The van der Waals surface area contributed by atoms with E-state index in [0.717, 1.165) is 5.56 Å². The topological polar surface area (TPSA) is 70.1 Å². The number of nitrogens with one attached hydrogen (secondary N) is 1. The van der Waals surface area contributed by atoms with E-state index in [0.29, 0.717) is 0 Å². The van der Waals surface area contributed by atoms with Gasteiger partial charge in [-0.15, -0.1) is 0 Å². The van der Waals surface area contributed by atoms with Crippen molar-refractivity contribution < 1.29 is 5.11 Å². The molecule has 4 N–H and O–H groups in total. The van der Waals surface area contributed by atoms with Crippen molar-refractivity contribution in [1.82, 2.24) is 0 Å². The third-order valence-electron chi connectivity index (χ3n) is 1.35. The summed E-state index contributed by atoms with van der Waals surface area (Å²) < 4.78 is 0. The second-order valence-electron chi connectivity index (χ2n) is 2.38. The van der Waals surface area contributed by atoms with Crippen LogP contribution in [0, 0.1) is 5.41 Å². The molecule has 0 aliphatic carbocycles. The van der Waals surface area contributed by atoms with E-state index in [4.69, 9.17) is 16.2 Å². The van der Waals surface area contributed by atoms with Gasteiger partial charge in [-0.1, -0.05) is 18.2 Å². The lowest BCUT2D eigenvalue weighted by Gasteiger charge is -1.92. The Morgan fingerprint density at radius 2 is 1.92 bits per heavy atom. The number of hydrogen-bond acceptors (Lipinski definition) is 2. The molecule has 3 nitrogen and oxygen atoms in total. The number of benzene rings is 1. The second-order valence-corrected chi connectivity index (χ2v) is 2.38. The first-order valence-corrected chi connectivity index (χ1v) is 3.49. The van der Waals surface area contributed by atoms with Gasteiger partial charge >= 0.3 is 0 Å². The van der Waals surface area contributed by atoms with Crippen LogP contribution < -0.4 is 5.73 Å². The Morgan fingerprint density at radius 3 is 2.42 bits per heavy atom. The lowest BCUT2D eigenvalue weighted by molar-refractivity contribution is 0.475. The molecule has 0 aliphatic rings. The van der Waals surface area contributed by atoms with Crippen LogP contribution in [0.5, 0.6) is 5.75 Å². The smallest absolute Gasteiger partial charge is 0.115 e. The van der Waals surface area contributed by atoms with E-state index < -0.39 is 0 Å². The number of phenols is 1. The van der Waals surface area contributed by atoms with Crippen LogP contribution in [0.1, 0.15) is 5.56 Å². The van der Waals surface area contributed by atoms with Gasteiger partial charge in [-0.2, -0.15) is 0 Å². The minimum absolute atomic E-state index is 0.0167. The molecule has 1 rings (SSSR count). The van der Waals surface area contributed by atoms with Crippen LogP contribution >= 0.6 is 0 Å². The lowest BCUT2D eigenvalue weighted by Crippen LogP contribution is -2.03. The summed E-state index contributed by atoms with van der Waals surface area (Å²) in [5.41, 5.74) is 6.02. The minimum Gasteiger partial charge on any atom is -0.508 e. The fourth-order valence-corrected chi connectivity index (χ4v) is 0.771. The Kier molecular flexibility index (Phi) is 2.48. The third-order valence-corrected chi connectivity index (χ3v) is 1.35. The molecule has 0 aromatic heterocycles. The minimum atomic E-state index is 0.0167. The summed E-state index contributed by atoms with van der Waals surface area (Å²) in [7, 11) is 0. The highest BCUT2D eigenvalue weighted by Gasteiger charge is 1.87. The Labute approximate surface area is 70.7 Å². The number of amidine groups is 1. The molecule has 0 radical (unpaired) electrons. The average molecular weight is 162 g/mol. The summed E-state index contributed by atoms with van der Waals surface area (Å²) in [6.07, 6.45) is 3.20. The van der Waals surface area contributed by atoms with Crippen molar-refractivity contribution in [3.63, 3.8) is 0 Å². The molecule has 0 spiro atoms. The zero-order chi connectivity index (χ0) is 8.97. The van der Waals surface area contributed by atoms with Gasteiger partial charge in [0.25, 0.3) is 0 Å². The van der Waals surface area contributed by atoms with Crippen molar-refractivity contribution in [2.45, 2.75) is 0 Å². The lowest BCUT2D eigenvalue weighted by atomic mass is 10.2. The van der Waals surface area contributed by atoms with Gasteiger partial charge in [-0.25, -0.2) is 0 Å². The van der Waals surface area contributed by atoms with E-state index in [1.807, 2.05) is 0 Å². The van der Waals surface area contributed by atoms with Crippen molar-refractivity contribution >= 4 is 11.9 Å². The van der Waals surface area contributed by atoms with Crippen molar-refractivity contribution in [2.24, 2.45) is 5.73 Å². The van der Waals surface area contributed by atoms with Crippen molar-refractivity contribution in [3.8, 4) is 5.75 Å². The second kappa shape index (κ2) is 3.57. The molecule has 1 aromatic rings. The van der Waals surface area contributed by atoms with Crippen LogP contribution in [0.3, 0.4) is 0 Å². The fraction of sp³-hybridized carbons (Fsp3) is 0. The van der Waals surface area contributed by atoms with Crippen LogP contribution in [-0.4, -0.2) is 10.9 Å². The molecule has 0 unspecified atom stereocenters. The van der Waals surface area contributed by atoms with E-state index in [1.54, 1.807) is 30.3 Å². The Morgan fingerprint density at radius 1 is 1.33 bits per heavy atom. The van der Waals surface area contributed by atoms with Crippen LogP contribution in [0.2, 0.25) is 0 Å². The average Bonchev–Trinajstić information content (AvgIpc) is 2.03. The predicted octanol–water partition coefficient (Wildman–Crippen LogP) is 1.34. The molecule has 3 heteroatoms.